The molecule has 0 atom stereocenters. The van der Waals surface area contributed by atoms with Crippen LogP contribution in [0.4, 0.5) is 0 Å². The molecule has 6 aromatic heterocycles. The van der Waals surface area contributed by atoms with Gasteiger partial charge in [-0.3, -0.25) is 4.98 Å². The molecule has 0 saturated carbocycles. The monoisotopic (exact) mass is 946 g/mol. The molecule has 0 saturated heterocycles. The second-order valence-corrected chi connectivity index (χ2v) is 19.9. The van der Waals surface area contributed by atoms with Gasteiger partial charge < -0.3 is 18.3 Å². The molecule has 0 aliphatic heterocycles. The van der Waals surface area contributed by atoms with Crippen molar-refractivity contribution < 1.29 is 0 Å². The van der Waals surface area contributed by atoms with Gasteiger partial charge in [-0.1, -0.05) is 164 Å². The summed E-state index contributed by atoms with van der Waals surface area (Å²) in [7, 11) is 0. The number of rotatable bonds is 5. The van der Waals surface area contributed by atoms with E-state index in [1.165, 1.54) is 0 Å². The van der Waals surface area contributed by atoms with Gasteiger partial charge in [0.2, 0.25) is 0 Å². The lowest BCUT2D eigenvalue weighted by molar-refractivity contribution is 1.04. The fourth-order valence-electron chi connectivity index (χ4n) is 12.4. The Labute approximate surface area is 421 Å². The predicted octanol–water partition coefficient (Wildman–Crippen LogP) is 17.4. The zero-order valence-electron chi connectivity index (χ0n) is 39.0. The molecule has 7 heteroatoms. The Morgan fingerprint density at radius 3 is 0.986 bits per heavy atom. The summed E-state index contributed by atoms with van der Waals surface area (Å²) < 4.78 is 12.0. The summed E-state index contributed by atoms with van der Waals surface area (Å²) in [4.78, 5) is 4.68. The largest absolute Gasteiger partial charge is 0.306 e. The minimum Gasteiger partial charge on any atom is -0.306 e. The summed E-state index contributed by atoms with van der Waals surface area (Å²) in [5, 5.41) is 24.0. The standard InChI is InChI=1S/C66H38N6S/c67-38-50-62(69-52-28-9-1-18-40(52)41-19-2-10-29-53(41)69)64(71-56-32-13-5-22-44(56)45-23-6-14-33-57(45)71)61(49-27-17-26-48-51-39-68-37-36-60(51)73-66(48)49)65(72-58-34-15-7-24-46(58)47-25-8-16-35-59(47)72)63(50)70-54-30-11-3-20-42(54)43-21-4-12-31-55(43)70/h1-37,39H. The predicted molar refractivity (Wildman–Crippen MR) is 305 cm³/mol. The molecule has 0 aliphatic carbocycles. The third-order valence-corrected chi connectivity index (χ3v) is 16.5. The van der Waals surface area contributed by atoms with Gasteiger partial charge in [-0.15, -0.1) is 11.3 Å². The lowest BCUT2D eigenvalue weighted by Gasteiger charge is -2.29. The quantitative estimate of drug-likeness (QED) is 0.173. The van der Waals surface area contributed by atoms with Crippen LogP contribution in [0.3, 0.4) is 0 Å². The van der Waals surface area contributed by atoms with Gasteiger partial charge in [0.05, 0.1) is 66.9 Å². The molecule has 16 rings (SSSR count). The van der Waals surface area contributed by atoms with Crippen LogP contribution < -0.4 is 0 Å². The average Bonchev–Trinajstić information content (AvgIpc) is 4.26. The van der Waals surface area contributed by atoms with Crippen LogP contribution in [-0.4, -0.2) is 23.3 Å². The Morgan fingerprint density at radius 2 is 0.644 bits per heavy atom. The van der Waals surface area contributed by atoms with Crippen LogP contribution in [0.2, 0.25) is 0 Å². The molecular formula is C66H38N6S. The number of fused-ring (bicyclic) bond motifs is 15. The van der Waals surface area contributed by atoms with E-state index in [1.807, 2.05) is 12.4 Å². The van der Waals surface area contributed by atoms with Crippen molar-refractivity contribution in [3.8, 4) is 39.9 Å². The number of benzene rings is 10. The molecule has 0 amide bonds. The average molecular weight is 947 g/mol. The smallest absolute Gasteiger partial charge is 0.104 e. The van der Waals surface area contributed by atoms with Gasteiger partial charge in [0.25, 0.3) is 0 Å². The lowest BCUT2D eigenvalue weighted by atomic mass is 9.92. The second kappa shape index (κ2) is 15.1. The van der Waals surface area contributed by atoms with E-state index < -0.39 is 0 Å². The molecule has 16 aromatic rings. The van der Waals surface area contributed by atoms with Crippen LogP contribution in [0.1, 0.15) is 5.56 Å². The highest BCUT2D eigenvalue weighted by Crippen LogP contribution is 2.54. The molecule has 0 N–H and O–H groups in total. The Morgan fingerprint density at radius 1 is 0.329 bits per heavy atom. The highest BCUT2D eigenvalue weighted by molar-refractivity contribution is 7.26. The molecular weight excluding hydrogens is 909 g/mol. The first kappa shape index (κ1) is 40.0. The maximum Gasteiger partial charge on any atom is 0.104 e. The van der Waals surface area contributed by atoms with Crippen molar-refractivity contribution in [2.45, 2.75) is 0 Å². The van der Waals surface area contributed by atoms with Gasteiger partial charge in [-0.2, -0.15) is 5.26 Å². The number of nitriles is 1. The highest BCUT2D eigenvalue weighted by atomic mass is 32.1. The van der Waals surface area contributed by atoms with Crippen molar-refractivity contribution in [1.82, 2.24) is 23.3 Å². The Bertz CT molecular complexity index is 4600. The summed E-state index contributed by atoms with van der Waals surface area (Å²) in [6, 6.07) is 81.7. The van der Waals surface area contributed by atoms with Crippen LogP contribution in [0, 0.1) is 11.3 Å². The van der Waals surface area contributed by atoms with E-state index in [-0.39, 0.29) is 0 Å². The Kier molecular flexibility index (Phi) is 8.30. The van der Waals surface area contributed by atoms with Gasteiger partial charge >= 0.3 is 0 Å². The van der Waals surface area contributed by atoms with Crippen molar-refractivity contribution in [3.05, 3.63) is 236 Å². The Hall–Kier alpha value is -9.74. The molecule has 6 nitrogen and oxygen atoms in total. The van der Waals surface area contributed by atoms with Crippen molar-refractivity contribution in [2.24, 2.45) is 0 Å². The van der Waals surface area contributed by atoms with Crippen molar-refractivity contribution in [3.63, 3.8) is 0 Å². The van der Waals surface area contributed by atoms with Gasteiger partial charge in [-0.05, 0) is 54.6 Å². The van der Waals surface area contributed by atoms with Crippen LogP contribution >= 0.6 is 11.3 Å². The van der Waals surface area contributed by atoms with Crippen molar-refractivity contribution in [1.29, 1.82) is 5.26 Å². The zero-order valence-corrected chi connectivity index (χ0v) is 39.8. The summed E-state index contributed by atoms with van der Waals surface area (Å²) in [6.07, 6.45) is 3.90. The van der Waals surface area contributed by atoms with E-state index in [2.05, 4.69) is 248 Å². The maximum atomic E-state index is 12.8. The number of pyridine rings is 1. The summed E-state index contributed by atoms with van der Waals surface area (Å²) in [6.45, 7) is 0. The van der Waals surface area contributed by atoms with Gasteiger partial charge in [0.1, 0.15) is 11.6 Å². The van der Waals surface area contributed by atoms with E-state index in [9.17, 15) is 5.26 Å². The van der Waals surface area contributed by atoms with E-state index in [0.29, 0.717) is 5.56 Å². The van der Waals surface area contributed by atoms with Crippen molar-refractivity contribution in [2.75, 3.05) is 0 Å². The first-order valence-electron chi connectivity index (χ1n) is 24.6. The normalized spacial score (nSPS) is 12.1. The van der Waals surface area contributed by atoms with Crippen molar-refractivity contribution >= 4 is 119 Å². The van der Waals surface area contributed by atoms with Crippen LogP contribution in [0.25, 0.3) is 141 Å². The minimum atomic E-state index is 0.545. The third kappa shape index (κ3) is 5.37. The maximum absolute atomic E-state index is 12.8. The summed E-state index contributed by atoms with van der Waals surface area (Å²) >= 11 is 1.80. The molecule has 0 radical (unpaired) electrons. The molecule has 0 bridgehead atoms. The lowest BCUT2D eigenvalue weighted by Crippen LogP contribution is -2.16. The number of para-hydroxylation sites is 8. The SMILES string of the molecule is N#Cc1c(-n2c3ccccc3c3ccccc32)c(-n2c3ccccc3c3ccccc32)c(-c2cccc3c2sc2ccncc23)c(-n2c3ccccc3c3ccccc32)c1-n1c2ccccc2c2ccccc21. The first-order chi connectivity index (χ1) is 36.3. The second-order valence-electron chi connectivity index (χ2n) is 18.9. The molecule has 0 spiro atoms. The highest BCUT2D eigenvalue weighted by Gasteiger charge is 2.35. The summed E-state index contributed by atoms with van der Waals surface area (Å²) in [5.41, 5.74) is 14.2. The third-order valence-electron chi connectivity index (χ3n) is 15.3. The zero-order chi connectivity index (χ0) is 47.9. The van der Waals surface area contributed by atoms with E-state index in [0.717, 1.165) is 141 Å². The number of thiophene rings is 1. The van der Waals surface area contributed by atoms with Crippen LogP contribution in [-0.2, 0) is 0 Å². The first-order valence-corrected chi connectivity index (χ1v) is 25.4. The number of aromatic nitrogens is 5. The number of nitrogens with zero attached hydrogens (tertiary/aromatic N) is 6. The molecule has 6 heterocycles. The summed E-state index contributed by atoms with van der Waals surface area (Å²) in [5.74, 6) is 0. The fraction of sp³-hybridized carbons (Fsp3) is 0. The van der Waals surface area contributed by atoms with E-state index >= 15 is 0 Å². The van der Waals surface area contributed by atoms with Crippen LogP contribution in [0.5, 0.6) is 0 Å². The topological polar surface area (TPSA) is 56.4 Å². The fourth-order valence-corrected chi connectivity index (χ4v) is 13.6. The molecule has 73 heavy (non-hydrogen) atoms. The van der Waals surface area contributed by atoms with Gasteiger partial charge in [0, 0.05) is 86.8 Å². The van der Waals surface area contributed by atoms with Gasteiger partial charge in [-0.25, -0.2) is 0 Å². The molecule has 10 aromatic carbocycles. The van der Waals surface area contributed by atoms with E-state index in [4.69, 9.17) is 0 Å². The van der Waals surface area contributed by atoms with Crippen LogP contribution in [0.15, 0.2) is 231 Å². The van der Waals surface area contributed by atoms with Gasteiger partial charge in [0.15, 0.2) is 0 Å². The minimum absolute atomic E-state index is 0.545. The number of hydrogen-bond donors (Lipinski definition) is 0. The van der Waals surface area contributed by atoms with E-state index in [1.54, 1.807) is 11.3 Å². The Balaban J connectivity index is 1.29. The molecule has 338 valence electrons. The number of hydrogen-bond acceptors (Lipinski definition) is 3. The molecule has 0 unspecified atom stereocenters. The molecule has 0 aliphatic rings. The molecule has 0 fully saturated rings.